The summed E-state index contributed by atoms with van der Waals surface area (Å²) in [5.41, 5.74) is -0.179. The summed E-state index contributed by atoms with van der Waals surface area (Å²) in [7, 11) is 0. The highest BCUT2D eigenvalue weighted by molar-refractivity contribution is 6.30. The number of benzene rings is 1. The molecule has 1 saturated carbocycles. The first-order valence-electron chi connectivity index (χ1n) is 8.89. The Kier molecular flexibility index (Phi) is 6.39. The Morgan fingerprint density at radius 3 is 2.29 bits per heavy atom. The van der Waals surface area contributed by atoms with Gasteiger partial charge in [-0.1, -0.05) is 23.7 Å². The lowest BCUT2D eigenvalue weighted by molar-refractivity contribution is -0.137. The van der Waals surface area contributed by atoms with E-state index in [1.165, 1.54) is 24.5 Å². The summed E-state index contributed by atoms with van der Waals surface area (Å²) >= 11 is 5.74. The van der Waals surface area contributed by atoms with Crippen LogP contribution in [0.1, 0.15) is 36.8 Å². The third kappa shape index (κ3) is 5.82. The number of aromatic nitrogens is 2. The van der Waals surface area contributed by atoms with Crippen molar-refractivity contribution in [3.63, 3.8) is 0 Å². The molecule has 28 heavy (non-hydrogen) atoms. The van der Waals surface area contributed by atoms with Gasteiger partial charge in [-0.05, 0) is 43.4 Å². The molecule has 0 spiro atoms. The van der Waals surface area contributed by atoms with Gasteiger partial charge >= 0.3 is 12.2 Å². The van der Waals surface area contributed by atoms with Gasteiger partial charge < -0.3 is 10.1 Å². The predicted molar refractivity (Wildman–Crippen MR) is 97.0 cm³/mol. The smallest absolute Gasteiger partial charge is 0.416 e. The molecule has 9 heteroatoms. The molecule has 0 aliphatic heterocycles. The molecule has 1 heterocycles. The number of rotatable bonds is 5. The third-order valence-corrected chi connectivity index (χ3v) is 4.75. The van der Waals surface area contributed by atoms with Crippen molar-refractivity contribution in [2.24, 2.45) is 0 Å². The number of ether oxygens (including phenoxy) is 1. The lowest BCUT2D eigenvalue weighted by Crippen LogP contribution is -2.40. The van der Waals surface area contributed by atoms with E-state index in [1.54, 1.807) is 0 Å². The first-order valence-corrected chi connectivity index (χ1v) is 9.27. The molecule has 0 atom stereocenters. The van der Waals surface area contributed by atoms with Gasteiger partial charge in [-0.3, -0.25) is 4.79 Å². The van der Waals surface area contributed by atoms with Gasteiger partial charge in [0.25, 0.3) is 0 Å². The number of nitrogens with zero attached hydrogens (tertiary/aromatic N) is 2. The van der Waals surface area contributed by atoms with Gasteiger partial charge in [0.15, 0.2) is 0 Å². The van der Waals surface area contributed by atoms with Crippen molar-refractivity contribution in [1.29, 1.82) is 0 Å². The van der Waals surface area contributed by atoms with Crippen LogP contribution >= 0.6 is 11.6 Å². The molecule has 0 unspecified atom stereocenters. The molecule has 5 nitrogen and oxygen atoms in total. The maximum atomic E-state index is 12.6. The van der Waals surface area contributed by atoms with Gasteiger partial charge in [-0.15, -0.1) is 0 Å². The zero-order valence-corrected chi connectivity index (χ0v) is 15.6. The number of carbonyl (C=O) groups excluding carboxylic acids is 1. The van der Waals surface area contributed by atoms with Crippen LogP contribution in [0, 0.1) is 0 Å². The van der Waals surface area contributed by atoms with Crippen LogP contribution in [0.3, 0.4) is 0 Å². The molecule has 1 fully saturated rings. The predicted octanol–water partition coefficient (Wildman–Crippen LogP) is 4.20. The minimum absolute atomic E-state index is 0.0212. The summed E-state index contributed by atoms with van der Waals surface area (Å²) in [4.78, 5) is 20.2. The zero-order valence-electron chi connectivity index (χ0n) is 14.9. The molecular formula is C19H19ClF3N3O2. The molecule has 1 N–H and O–H groups in total. The fourth-order valence-corrected chi connectivity index (χ4v) is 3.21. The van der Waals surface area contributed by atoms with Gasteiger partial charge in [0, 0.05) is 6.04 Å². The molecule has 3 rings (SSSR count). The van der Waals surface area contributed by atoms with E-state index in [4.69, 9.17) is 16.3 Å². The van der Waals surface area contributed by atoms with Crippen LogP contribution in [0.2, 0.25) is 5.02 Å². The van der Waals surface area contributed by atoms with E-state index in [2.05, 4.69) is 15.3 Å². The number of hydrogen-bond donors (Lipinski definition) is 1. The van der Waals surface area contributed by atoms with Crippen LogP contribution in [0.5, 0.6) is 6.01 Å². The maximum Gasteiger partial charge on any atom is 0.416 e. The van der Waals surface area contributed by atoms with Crippen LogP contribution in [0.4, 0.5) is 13.2 Å². The molecule has 2 aromatic rings. The SMILES string of the molecule is O=C(Cc1ccc(C(F)(F)F)cc1)NC1CCC(Oc2ncc(Cl)cn2)CC1. The van der Waals surface area contributed by atoms with E-state index in [9.17, 15) is 18.0 Å². The Morgan fingerprint density at radius 1 is 1.11 bits per heavy atom. The Hall–Kier alpha value is -2.35. The second kappa shape index (κ2) is 8.77. The number of alkyl halides is 3. The topological polar surface area (TPSA) is 64.1 Å². The van der Waals surface area contributed by atoms with Crippen LogP contribution < -0.4 is 10.1 Å². The van der Waals surface area contributed by atoms with Crippen molar-refractivity contribution in [3.8, 4) is 6.01 Å². The quantitative estimate of drug-likeness (QED) is 0.798. The third-order valence-electron chi connectivity index (χ3n) is 4.55. The van der Waals surface area contributed by atoms with Gasteiger partial charge in [0.2, 0.25) is 5.91 Å². The zero-order chi connectivity index (χ0) is 20.1. The summed E-state index contributed by atoms with van der Waals surface area (Å²) in [5.74, 6) is -0.204. The first-order chi connectivity index (χ1) is 13.3. The molecule has 150 valence electrons. The van der Waals surface area contributed by atoms with E-state index in [0.29, 0.717) is 10.6 Å². The normalized spacial score (nSPS) is 19.9. The van der Waals surface area contributed by atoms with E-state index >= 15 is 0 Å². The van der Waals surface area contributed by atoms with Crippen LogP contribution in [0.25, 0.3) is 0 Å². The van der Waals surface area contributed by atoms with Crippen LogP contribution in [-0.4, -0.2) is 28.0 Å². The number of hydrogen-bond acceptors (Lipinski definition) is 4. The number of halogens is 4. The Morgan fingerprint density at radius 2 is 1.71 bits per heavy atom. The number of nitrogens with one attached hydrogen (secondary N) is 1. The average molecular weight is 414 g/mol. The first kappa shape index (κ1) is 20.4. The molecule has 1 aliphatic rings. The second-order valence-electron chi connectivity index (χ2n) is 6.71. The van der Waals surface area contributed by atoms with E-state index < -0.39 is 11.7 Å². The van der Waals surface area contributed by atoms with Gasteiger partial charge in [0.1, 0.15) is 6.10 Å². The number of amides is 1. The highest BCUT2D eigenvalue weighted by atomic mass is 35.5. The molecule has 0 saturated heterocycles. The molecule has 1 aliphatic carbocycles. The second-order valence-corrected chi connectivity index (χ2v) is 7.15. The van der Waals surface area contributed by atoms with Crippen LogP contribution in [-0.2, 0) is 17.4 Å². The molecule has 0 bridgehead atoms. The molecule has 1 aromatic heterocycles. The highest BCUT2D eigenvalue weighted by Crippen LogP contribution is 2.29. The summed E-state index contributed by atoms with van der Waals surface area (Å²) in [6.07, 6.45) is 1.58. The van der Waals surface area contributed by atoms with E-state index in [-0.39, 0.29) is 30.5 Å². The van der Waals surface area contributed by atoms with Gasteiger partial charge in [-0.25, -0.2) is 9.97 Å². The summed E-state index contributed by atoms with van der Waals surface area (Å²) in [6.45, 7) is 0. The van der Waals surface area contributed by atoms with E-state index in [1.807, 2.05) is 0 Å². The van der Waals surface area contributed by atoms with Crippen molar-refractivity contribution in [3.05, 3.63) is 52.8 Å². The van der Waals surface area contributed by atoms with Crippen molar-refractivity contribution >= 4 is 17.5 Å². The largest absolute Gasteiger partial charge is 0.460 e. The highest BCUT2D eigenvalue weighted by Gasteiger charge is 2.30. The van der Waals surface area contributed by atoms with Gasteiger partial charge in [-0.2, -0.15) is 13.2 Å². The number of carbonyl (C=O) groups is 1. The van der Waals surface area contributed by atoms with Crippen molar-refractivity contribution in [2.45, 2.75) is 50.4 Å². The Bertz CT molecular complexity index is 790. The fraction of sp³-hybridized carbons (Fsp3) is 0.421. The van der Waals surface area contributed by atoms with Crippen molar-refractivity contribution < 1.29 is 22.7 Å². The van der Waals surface area contributed by atoms with Crippen molar-refractivity contribution in [2.75, 3.05) is 0 Å². The maximum absolute atomic E-state index is 12.6. The standard InChI is InChI=1S/C19H19ClF3N3O2/c20-14-10-24-18(25-11-14)28-16-7-5-15(6-8-16)26-17(27)9-12-1-3-13(4-2-12)19(21,22)23/h1-4,10-11,15-16H,5-9H2,(H,26,27). The lowest BCUT2D eigenvalue weighted by atomic mass is 9.92. The molecule has 0 radical (unpaired) electrons. The molecule has 1 aromatic carbocycles. The molecule has 1 amide bonds. The fourth-order valence-electron chi connectivity index (χ4n) is 3.11. The minimum atomic E-state index is -4.38. The average Bonchev–Trinajstić information content (AvgIpc) is 2.65. The summed E-state index contributed by atoms with van der Waals surface area (Å²) in [5, 5.41) is 3.38. The summed E-state index contributed by atoms with van der Waals surface area (Å²) in [6, 6.07) is 4.94. The monoisotopic (exact) mass is 413 g/mol. The Balaban J connectivity index is 1.42. The van der Waals surface area contributed by atoms with Gasteiger partial charge in [0.05, 0.1) is 29.4 Å². The lowest BCUT2D eigenvalue weighted by Gasteiger charge is -2.28. The van der Waals surface area contributed by atoms with Crippen LogP contribution in [0.15, 0.2) is 36.7 Å². The van der Waals surface area contributed by atoms with Crippen molar-refractivity contribution in [1.82, 2.24) is 15.3 Å². The minimum Gasteiger partial charge on any atom is -0.460 e. The van der Waals surface area contributed by atoms with E-state index in [0.717, 1.165) is 37.8 Å². The molecular weight excluding hydrogens is 395 g/mol. The Labute approximate surface area is 165 Å². The summed E-state index contributed by atoms with van der Waals surface area (Å²) < 4.78 is 43.4.